The molecule has 2 aromatic rings. The Kier molecular flexibility index (Phi) is 6.87. The van der Waals surface area contributed by atoms with E-state index in [1.54, 1.807) is 18.4 Å². The van der Waals surface area contributed by atoms with Gasteiger partial charge in [0.2, 0.25) is 5.91 Å². The number of rotatable bonds is 6. The van der Waals surface area contributed by atoms with E-state index in [9.17, 15) is 4.79 Å². The van der Waals surface area contributed by atoms with Gasteiger partial charge in [0.25, 0.3) is 0 Å². The van der Waals surface area contributed by atoms with Gasteiger partial charge in [-0.3, -0.25) is 9.79 Å². The topological polar surface area (TPSA) is 65.5 Å². The quantitative estimate of drug-likeness (QED) is 0.520. The number of anilines is 1. The highest BCUT2D eigenvalue weighted by molar-refractivity contribution is 7.11. The average Bonchev–Trinajstić information content (AvgIpc) is 3.34. The smallest absolute Gasteiger partial charge is 0.227 e. The highest BCUT2D eigenvalue weighted by atomic mass is 32.1. The Bertz CT molecular complexity index is 793. The van der Waals surface area contributed by atoms with Crippen molar-refractivity contribution in [3.8, 4) is 0 Å². The van der Waals surface area contributed by atoms with E-state index in [4.69, 9.17) is 0 Å². The average molecular weight is 385 g/mol. The Balaban J connectivity index is 1.50. The van der Waals surface area contributed by atoms with Crippen molar-refractivity contribution in [2.24, 2.45) is 10.9 Å². The first kappa shape index (κ1) is 19.4. The Morgan fingerprint density at radius 2 is 1.93 bits per heavy atom. The van der Waals surface area contributed by atoms with Crippen molar-refractivity contribution < 1.29 is 4.79 Å². The molecule has 1 heterocycles. The van der Waals surface area contributed by atoms with Gasteiger partial charge in [-0.15, -0.1) is 11.3 Å². The van der Waals surface area contributed by atoms with Crippen LogP contribution in [0.5, 0.6) is 0 Å². The predicted molar refractivity (Wildman–Crippen MR) is 113 cm³/mol. The van der Waals surface area contributed by atoms with E-state index < -0.39 is 0 Å². The summed E-state index contributed by atoms with van der Waals surface area (Å²) in [5.74, 6) is 1.10. The lowest BCUT2D eigenvalue weighted by atomic mass is 10.1. The second kappa shape index (κ2) is 9.55. The summed E-state index contributed by atoms with van der Waals surface area (Å²) < 4.78 is 0. The maximum absolute atomic E-state index is 12.3. The lowest BCUT2D eigenvalue weighted by Crippen LogP contribution is -2.36. The normalized spacial score (nSPS) is 15.0. The molecule has 1 amide bonds. The van der Waals surface area contributed by atoms with E-state index in [1.807, 2.05) is 24.3 Å². The van der Waals surface area contributed by atoms with Gasteiger partial charge in [-0.1, -0.05) is 25.0 Å². The molecule has 27 heavy (non-hydrogen) atoms. The maximum Gasteiger partial charge on any atom is 0.227 e. The number of thiophene rings is 1. The van der Waals surface area contributed by atoms with Crippen LogP contribution in [-0.2, 0) is 17.9 Å². The predicted octanol–water partition coefficient (Wildman–Crippen LogP) is 4.05. The summed E-state index contributed by atoms with van der Waals surface area (Å²) in [4.78, 5) is 19.2. The van der Waals surface area contributed by atoms with Crippen LogP contribution in [0.3, 0.4) is 0 Å². The molecule has 3 rings (SSSR count). The number of carbonyl (C=O) groups is 1. The molecule has 144 valence electrons. The van der Waals surface area contributed by atoms with E-state index >= 15 is 0 Å². The zero-order valence-electron chi connectivity index (χ0n) is 16.0. The van der Waals surface area contributed by atoms with Crippen molar-refractivity contribution in [3.05, 3.63) is 51.7 Å². The molecule has 1 aromatic carbocycles. The lowest BCUT2D eigenvalue weighted by Gasteiger charge is -2.13. The van der Waals surface area contributed by atoms with Gasteiger partial charge in [-0.05, 0) is 49.6 Å². The summed E-state index contributed by atoms with van der Waals surface area (Å²) in [5, 5.41) is 9.73. The van der Waals surface area contributed by atoms with Crippen molar-refractivity contribution in [3.63, 3.8) is 0 Å². The molecule has 1 aliphatic rings. The zero-order chi connectivity index (χ0) is 19.1. The lowest BCUT2D eigenvalue weighted by molar-refractivity contribution is -0.119. The molecule has 1 saturated carbocycles. The fourth-order valence-electron chi connectivity index (χ4n) is 3.35. The first-order valence-corrected chi connectivity index (χ1v) is 10.4. The Labute approximate surface area is 165 Å². The van der Waals surface area contributed by atoms with Crippen LogP contribution in [0.25, 0.3) is 0 Å². The number of benzene rings is 1. The highest BCUT2D eigenvalue weighted by Gasteiger charge is 2.22. The van der Waals surface area contributed by atoms with Crippen molar-refractivity contribution in [2.45, 2.75) is 45.7 Å². The summed E-state index contributed by atoms with van der Waals surface area (Å²) in [6.07, 6.45) is 4.36. The van der Waals surface area contributed by atoms with Gasteiger partial charge in [0.05, 0.1) is 6.54 Å². The third-order valence-electron chi connectivity index (χ3n) is 4.83. The Morgan fingerprint density at radius 3 is 2.63 bits per heavy atom. The molecule has 6 heteroatoms. The van der Waals surface area contributed by atoms with E-state index in [-0.39, 0.29) is 11.8 Å². The van der Waals surface area contributed by atoms with Crippen LogP contribution in [0.2, 0.25) is 0 Å². The van der Waals surface area contributed by atoms with Gasteiger partial charge in [0, 0.05) is 35.0 Å². The van der Waals surface area contributed by atoms with Gasteiger partial charge in [-0.2, -0.15) is 0 Å². The van der Waals surface area contributed by atoms with Crippen LogP contribution in [0.15, 0.2) is 41.4 Å². The zero-order valence-corrected chi connectivity index (χ0v) is 16.9. The monoisotopic (exact) mass is 384 g/mol. The fraction of sp³-hybridized carbons (Fsp3) is 0.429. The third kappa shape index (κ3) is 5.82. The summed E-state index contributed by atoms with van der Waals surface area (Å²) in [6, 6.07) is 12.3. The van der Waals surface area contributed by atoms with E-state index in [1.165, 1.54) is 22.6 Å². The van der Waals surface area contributed by atoms with E-state index in [0.717, 1.165) is 36.6 Å². The number of hydrogen-bond acceptors (Lipinski definition) is 3. The largest absolute Gasteiger partial charge is 0.352 e. The van der Waals surface area contributed by atoms with Crippen LogP contribution in [0.4, 0.5) is 5.69 Å². The maximum atomic E-state index is 12.3. The minimum Gasteiger partial charge on any atom is -0.352 e. The molecule has 3 N–H and O–H groups in total. The van der Waals surface area contributed by atoms with Crippen molar-refractivity contribution in [1.29, 1.82) is 0 Å². The van der Waals surface area contributed by atoms with Gasteiger partial charge >= 0.3 is 0 Å². The molecule has 0 radical (unpaired) electrons. The molecule has 0 spiro atoms. The van der Waals surface area contributed by atoms with Gasteiger partial charge in [0.1, 0.15) is 0 Å². The minimum absolute atomic E-state index is 0.154. The second-order valence-electron chi connectivity index (χ2n) is 6.96. The van der Waals surface area contributed by atoms with Crippen LogP contribution in [0, 0.1) is 12.8 Å². The summed E-state index contributed by atoms with van der Waals surface area (Å²) in [7, 11) is 1.77. The van der Waals surface area contributed by atoms with Crippen LogP contribution in [0.1, 0.15) is 41.0 Å². The molecule has 0 aliphatic heterocycles. The van der Waals surface area contributed by atoms with Crippen molar-refractivity contribution in [2.75, 3.05) is 12.4 Å². The summed E-state index contributed by atoms with van der Waals surface area (Å²) >= 11 is 1.79. The minimum atomic E-state index is 0.154. The molecular formula is C21H28N4OS. The van der Waals surface area contributed by atoms with Crippen molar-refractivity contribution >= 4 is 28.9 Å². The van der Waals surface area contributed by atoms with Crippen LogP contribution in [-0.4, -0.2) is 18.9 Å². The summed E-state index contributed by atoms with van der Waals surface area (Å²) in [5.41, 5.74) is 1.97. The van der Waals surface area contributed by atoms with Crippen LogP contribution < -0.4 is 16.0 Å². The molecule has 1 aliphatic carbocycles. The number of hydrogen-bond donors (Lipinski definition) is 3. The van der Waals surface area contributed by atoms with E-state index in [2.05, 4.69) is 40.0 Å². The van der Waals surface area contributed by atoms with E-state index in [0.29, 0.717) is 6.54 Å². The molecular weight excluding hydrogens is 356 g/mol. The molecule has 0 atom stereocenters. The molecule has 1 aromatic heterocycles. The number of nitrogens with one attached hydrogen (secondary N) is 3. The highest BCUT2D eigenvalue weighted by Crippen LogP contribution is 2.26. The Hall–Kier alpha value is -2.34. The number of amides is 1. The fourth-order valence-corrected chi connectivity index (χ4v) is 4.18. The third-order valence-corrected chi connectivity index (χ3v) is 5.83. The number of nitrogens with zero attached hydrogens (tertiary/aromatic N) is 1. The molecule has 0 bridgehead atoms. The first-order chi connectivity index (χ1) is 13.1. The van der Waals surface area contributed by atoms with Crippen molar-refractivity contribution in [1.82, 2.24) is 10.6 Å². The molecule has 0 unspecified atom stereocenters. The Morgan fingerprint density at radius 1 is 1.15 bits per heavy atom. The van der Waals surface area contributed by atoms with Gasteiger partial charge < -0.3 is 16.0 Å². The first-order valence-electron chi connectivity index (χ1n) is 9.53. The summed E-state index contributed by atoms with van der Waals surface area (Å²) in [6.45, 7) is 3.52. The number of aliphatic imine (C=N–C) groups is 1. The molecule has 0 saturated heterocycles. The molecule has 1 fully saturated rings. The SMILES string of the molecule is CN=C(NCc1cccc(NC(=O)C2CCCC2)c1)NCc1ccc(C)s1. The van der Waals surface area contributed by atoms with Crippen LogP contribution >= 0.6 is 11.3 Å². The second-order valence-corrected chi connectivity index (χ2v) is 8.34. The standard InChI is InChI=1S/C21H28N4OS/c1-15-10-11-19(27-15)14-24-21(22-2)23-13-16-6-5-9-18(12-16)25-20(26)17-7-3-4-8-17/h5-6,9-12,17H,3-4,7-8,13-14H2,1-2H3,(H,25,26)(H2,22,23,24). The van der Waals surface area contributed by atoms with Gasteiger partial charge in [0.15, 0.2) is 5.96 Å². The van der Waals surface area contributed by atoms with Gasteiger partial charge in [-0.25, -0.2) is 0 Å². The number of aryl methyl sites for hydroxylation is 1. The number of carbonyl (C=O) groups excluding carboxylic acids is 1. The molecule has 5 nitrogen and oxygen atoms in total. The number of guanidine groups is 1.